The number of hydrogen-bond acceptors (Lipinski definition) is 2. The second-order valence-electron chi connectivity index (χ2n) is 5.77. The summed E-state index contributed by atoms with van der Waals surface area (Å²) in [7, 11) is 0. The summed E-state index contributed by atoms with van der Waals surface area (Å²) in [6, 6.07) is 6.60. The molecule has 5 heteroatoms. The van der Waals surface area contributed by atoms with Gasteiger partial charge in [-0.1, -0.05) is 42.0 Å². The van der Waals surface area contributed by atoms with Crippen molar-refractivity contribution >= 4 is 23.4 Å². The summed E-state index contributed by atoms with van der Waals surface area (Å²) >= 11 is 6.23. The predicted molar refractivity (Wildman–Crippen MR) is 85.4 cm³/mol. The molecule has 1 aliphatic heterocycles. The Labute approximate surface area is 135 Å². The Morgan fingerprint density at radius 3 is 2.91 bits per heavy atom. The fourth-order valence-corrected chi connectivity index (χ4v) is 3.39. The molecule has 22 heavy (non-hydrogen) atoms. The van der Waals surface area contributed by atoms with E-state index in [0.29, 0.717) is 36.0 Å². The molecule has 1 N–H and O–H groups in total. The van der Waals surface area contributed by atoms with Crippen molar-refractivity contribution in [2.24, 2.45) is 5.92 Å². The maximum atomic E-state index is 12.7. The van der Waals surface area contributed by atoms with Crippen molar-refractivity contribution in [2.75, 3.05) is 13.1 Å². The molecule has 1 aromatic rings. The monoisotopic (exact) mass is 318 g/mol. The van der Waals surface area contributed by atoms with E-state index in [2.05, 4.69) is 17.5 Å². The zero-order valence-corrected chi connectivity index (χ0v) is 13.1. The van der Waals surface area contributed by atoms with Gasteiger partial charge in [0.25, 0.3) is 0 Å². The van der Waals surface area contributed by atoms with E-state index >= 15 is 0 Å². The molecule has 0 unspecified atom stereocenters. The third-order valence-electron chi connectivity index (χ3n) is 4.28. The summed E-state index contributed by atoms with van der Waals surface area (Å²) in [6.45, 7) is 1.02. The van der Waals surface area contributed by atoms with Crippen LogP contribution >= 0.6 is 11.6 Å². The minimum absolute atomic E-state index is 0.0244. The number of amides is 2. The van der Waals surface area contributed by atoms with Gasteiger partial charge < -0.3 is 10.2 Å². The maximum absolute atomic E-state index is 12.7. The number of nitrogens with zero attached hydrogens (tertiary/aromatic N) is 1. The van der Waals surface area contributed by atoms with Gasteiger partial charge in [0.15, 0.2) is 0 Å². The van der Waals surface area contributed by atoms with Crippen molar-refractivity contribution < 1.29 is 9.59 Å². The third kappa shape index (κ3) is 3.02. The van der Waals surface area contributed by atoms with Crippen molar-refractivity contribution in [3.63, 3.8) is 0 Å². The topological polar surface area (TPSA) is 49.4 Å². The van der Waals surface area contributed by atoms with Gasteiger partial charge in [0.2, 0.25) is 11.8 Å². The average Bonchev–Trinajstić information content (AvgIpc) is 3.01. The van der Waals surface area contributed by atoms with Gasteiger partial charge in [-0.15, -0.1) is 0 Å². The SMILES string of the molecule is O=C1NCCN(C(=O)C[C@H]2C=CCC2)[C@@H]1c1ccccc1Cl. The van der Waals surface area contributed by atoms with Crippen LogP contribution in [0.5, 0.6) is 0 Å². The van der Waals surface area contributed by atoms with E-state index in [1.165, 1.54) is 0 Å². The molecule has 0 radical (unpaired) electrons. The highest BCUT2D eigenvalue weighted by Crippen LogP contribution is 2.31. The summed E-state index contributed by atoms with van der Waals surface area (Å²) in [4.78, 5) is 26.7. The number of carbonyl (C=O) groups is 2. The summed E-state index contributed by atoms with van der Waals surface area (Å²) in [5.74, 6) is 0.162. The average molecular weight is 319 g/mol. The minimum Gasteiger partial charge on any atom is -0.352 e. The molecule has 0 aromatic heterocycles. The molecule has 0 saturated carbocycles. The van der Waals surface area contributed by atoms with Crippen LogP contribution in [0.25, 0.3) is 0 Å². The molecule has 1 heterocycles. The first-order chi connectivity index (χ1) is 10.7. The van der Waals surface area contributed by atoms with Crippen molar-refractivity contribution in [2.45, 2.75) is 25.3 Å². The molecule has 1 aliphatic carbocycles. The number of nitrogens with one attached hydrogen (secondary N) is 1. The lowest BCUT2D eigenvalue weighted by molar-refractivity contribution is -0.144. The van der Waals surface area contributed by atoms with Crippen LogP contribution < -0.4 is 5.32 Å². The van der Waals surface area contributed by atoms with Crippen LogP contribution in [0.3, 0.4) is 0 Å². The van der Waals surface area contributed by atoms with Gasteiger partial charge in [-0.2, -0.15) is 0 Å². The largest absolute Gasteiger partial charge is 0.352 e. The van der Waals surface area contributed by atoms with E-state index in [1.54, 1.807) is 11.0 Å². The molecule has 116 valence electrons. The Morgan fingerprint density at radius 1 is 1.36 bits per heavy atom. The highest BCUT2D eigenvalue weighted by molar-refractivity contribution is 6.31. The smallest absolute Gasteiger partial charge is 0.247 e. The first-order valence-electron chi connectivity index (χ1n) is 7.65. The predicted octanol–water partition coefficient (Wildman–Crippen LogP) is 2.70. The minimum atomic E-state index is -0.625. The van der Waals surface area contributed by atoms with Crippen LogP contribution in [-0.4, -0.2) is 29.8 Å². The Balaban J connectivity index is 1.83. The Morgan fingerprint density at radius 2 is 2.18 bits per heavy atom. The Hall–Kier alpha value is -1.81. The van der Waals surface area contributed by atoms with E-state index in [9.17, 15) is 9.59 Å². The van der Waals surface area contributed by atoms with Crippen LogP contribution in [0.1, 0.15) is 30.9 Å². The lowest BCUT2D eigenvalue weighted by Gasteiger charge is -2.36. The first kappa shape index (κ1) is 15.1. The second-order valence-corrected chi connectivity index (χ2v) is 6.18. The Bertz CT molecular complexity index is 614. The van der Waals surface area contributed by atoms with Crippen LogP contribution in [0.2, 0.25) is 5.02 Å². The zero-order valence-electron chi connectivity index (χ0n) is 12.3. The highest BCUT2D eigenvalue weighted by Gasteiger charge is 2.35. The molecule has 0 spiro atoms. The summed E-state index contributed by atoms with van der Waals surface area (Å²) in [6.07, 6.45) is 6.73. The van der Waals surface area contributed by atoms with Gasteiger partial charge in [0.05, 0.1) is 0 Å². The normalized spacial score (nSPS) is 24.4. The zero-order chi connectivity index (χ0) is 15.5. The van der Waals surface area contributed by atoms with Gasteiger partial charge >= 0.3 is 0 Å². The molecule has 2 amide bonds. The summed E-state index contributed by atoms with van der Waals surface area (Å²) < 4.78 is 0. The number of halogens is 1. The van der Waals surface area contributed by atoms with E-state index in [4.69, 9.17) is 11.6 Å². The summed E-state index contributed by atoms with van der Waals surface area (Å²) in [5, 5.41) is 3.35. The van der Waals surface area contributed by atoms with E-state index in [1.807, 2.05) is 18.2 Å². The number of allylic oxidation sites excluding steroid dienone is 2. The van der Waals surface area contributed by atoms with E-state index in [-0.39, 0.29) is 11.8 Å². The van der Waals surface area contributed by atoms with Crippen LogP contribution in [0.4, 0.5) is 0 Å². The van der Waals surface area contributed by atoms with Gasteiger partial charge in [-0.25, -0.2) is 0 Å². The van der Waals surface area contributed by atoms with Crippen molar-refractivity contribution in [1.82, 2.24) is 10.2 Å². The van der Waals surface area contributed by atoms with Crippen molar-refractivity contribution in [3.8, 4) is 0 Å². The molecular formula is C17H19ClN2O2. The molecule has 0 bridgehead atoms. The molecule has 1 fully saturated rings. The number of carbonyl (C=O) groups excluding carboxylic acids is 2. The number of rotatable bonds is 3. The highest BCUT2D eigenvalue weighted by atomic mass is 35.5. The standard InChI is InChI=1S/C17H19ClN2O2/c18-14-8-4-3-7-13(14)16-17(22)19-9-10-20(16)15(21)11-12-5-1-2-6-12/h1,3-5,7-8,12,16H,2,6,9-11H2,(H,19,22)/t12-,16+/m0/s1. The van der Waals surface area contributed by atoms with Gasteiger partial charge in [0, 0.05) is 30.1 Å². The molecular weight excluding hydrogens is 300 g/mol. The first-order valence-corrected chi connectivity index (χ1v) is 8.03. The molecule has 3 rings (SSSR count). The maximum Gasteiger partial charge on any atom is 0.247 e. The molecule has 1 aromatic carbocycles. The van der Waals surface area contributed by atoms with Crippen LogP contribution in [0, 0.1) is 5.92 Å². The number of piperazine rings is 1. The molecule has 2 aliphatic rings. The van der Waals surface area contributed by atoms with Gasteiger partial charge in [-0.05, 0) is 24.8 Å². The van der Waals surface area contributed by atoms with E-state index in [0.717, 1.165) is 12.8 Å². The van der Waals surface area contributed by atoms with Gasteiger partial charge in [0.1, 0.15) is 6.04 Å². The third-order valence-corrected chi connectivity index (χ3v) is 4.63. The van der Waals surface area contributed by atoms with Crippen molar-refractivity contribution in [3.05, 3.63) is 47.0 Å². The van der Waals surface area contributed by atoms with Crippen LogP contribution in [0.15, 0.2) is 36.4 Å². The lowest BCUT2D eigenvalue weighted by atomic mass is 9.99. The number of hydrogen-bond donors (Lipinski definition) is 1. The molecule has 1 saturated heterocycles. The second kappa shape index (κ2) is 6.53. The van der Waals surface area contributed by atoms with Crippen molar-refractivity contribution in [1.29, 1.82) is 0 Å². The van der Waals surface area contributed by atoms with Gasteiger partial charge in [-0.3, -0.25) is 9.59 Å². The summed E-state index contributed by atoms with van der Waals surface area (Å²) in [5.41, 5.74) is 0.691. The quantitative estimate of drug-likeness (QED) is 0.871. The fourth-order valence-electron chi connectivity index (χ4n) is 3.15. The molecule has 4 nitrogen and oxygen atoms in total. The van der Waals surface area contributed by atoms with E-state index < -0.39 is 6.04 Å². The number of benzene rings is 1. The Kier molecular flexibility index (Phi) is 4.48. The fraction of sp³-hybridized carbons (Fsp3) is 0.412. The van der Waals surface area contributed by atoms with Crippen LogP contribution in [-0.2, 0) is 9.59 Å². The lowest BCUT2D eigenvalue weighted by Crippen LogP contribution is -2.52. The molecule has 2 atom stereocenters.